The summed E-state index contributed by atoms with van der Waals surface area (Å²) in [7, 11) is 3.16. The Morgan fingerprint density at radius 1 is 1.13 bits per heavy atom. The van der Waals surface area contributed by atoms with Crippen molar-refractivity contribution in [3.8, 4) is 11.5 Å². The summed E-state index contributed by atoms with van der Waals surface area (Å²) in [4.78, 5) is 26.4. The number of hydrogen-bond donors (Lipinski definition) is 1. The van der Waals surface area contributed by atoms with E-state index in [1.807, 2.05) is 6.92 Å². The third-order valence-corrected chi connectivity index (χ3v) is 5.40. The predicted molar refractivity (Wildman–Crippen MR) is 112 cm³/mol. The van der Waals surface area contributed by atoms with Gasteiger partial charge >= 0.3 is 6.03 Å². The van der Waals surface area contributed by atoms with Crippen LogP contribution in [0.2, 0.25) is 0 Å². The standard InChI is InChI=1S/C21H27N5O4/c1-14-22-17-6-7-26(13-16(17)20(23-14)25-8-10-30-11-9-25)21(27)24-18-5-4-15(28-2)12-19(18)29-3/h4-5,12H,6-11,13H2,1-3H3,(H,24,27). The molecule has 9 nitrogen and oxygen atoms in total. The zero-order valence-electron chi connectivity index (χ0n) is 17.6. The summed E-state index contributed by atoms with van der Waals surface area (Å²) in [6.07, 6.45) is 0.698. The van der Waals surface area contributed by atoms with Crippen LogP contribution in [0.3, 0.4) is 0 Å². The number of benzene rings is 1. The summed E-state index contributed by atoms with van der Waals surface area (Å²) in [6.45, 7) is 5.91. The number of methoxy groups -OCH3 is 2. The molecule has 0 aliphatic carbocycles. The zero-order valence-corrected chi connectivity index (χ0v) is 17.6. The Labute approximate surface area is 176 Å². The molecule has 0 saturated carbocycles. The van der Waals surface area contributed by atoms with E-state index in [0.29, 0.717) is 49.9 Å². The minimum absolute atomic E-state index is 0.183. The van der Waals surface area contributed by atoms with Crippen molar-refractivity contribution >= 4 is 17.5 Å². The third-order valence-electron chi connectivity index (χ3n) is 5.40. The van der Waals surface area contributed by atoms with Gasteiger partial charge < -0.3 is 29.3 Å². The summed E-state index contributed by atoms with van der Waals surface area (Å²) >= 11 is 0. The number of nitrogens with one attached hydrogen (secondary N) is 1. The maximum absolute atomic E-state index is 13.0. The van der Waals surface area contributed by atoms with E-state index >= 15 is 0 Å². The normalized spacial score (nSPS) is 16.1. The average molecular weight is 413 g/mol. The molecular weight excluding hydrogens is 386 g/mol. The highest BCUT2D eigenvalue weighted by molar-refractivity contribution is 5.91. The number of aromatic nitrogens is 2. The Morgan fingerprint density at radius 3 is 2.67 bits per heavy atom. The van der Waals surface area contributed by atoms with E-state index in [9.17, 15) is 4.79 Å². The highest BCUT2D eigenvalue weighted by Crippen LogP contribution is 2.31. The van der Waals surface area contributed by atoms with Crippen molar-refractivity contribution in [3.05, 3.63) is 35.3 Å². The van der Waals surface area contributed by atoms with Gasteiger partial charge in [0.2, 0.25) is 0 Å². The van der Waals surface area contributed by atoms with Crippen LogP contribution in [0.25, 0.3) is 0 Å². The van der Waals surface area contributed by atoms with Crippen LogP contribution in [0, 0.1) is 6.92 Å². The molecule has 4 rings (SSSR count). The van der Waals surface area contributed by atoms with Crippen LogP contribution in [-0.2, 0) is 17.7 Å². The SMILES string of the molecule is COc1ccc(NC(=O)N2CCc3nc(C)nc(N4CCOCC4)c3C2)c(OC)c1. The maximum atomic E-state index is 13.0. The van der Waals surface area contributed by atoms with Crippen LogP contribution >= 0.6 is 0 Å². The number of ether oxygens (including phenoxy) is 3. The van der Waals surface area contributed by atoms with Crippen molar-refractivity contribution in [1.82, 2.24) is 14.9 Å². The smallest absolute Gasteiger partial charge is 0.322 e. The molecule has 0 atom stereocenters. The van der Waals surface area contributed by atoms with Gasteiger partial charge in [-0.05, 0) is 19.1 Å². The van der Waals surface area contributed by atoms with Crippen molar-refractivity contribution in [2.24, 2.45) is 0 Å². The molecule has 9 heteroatoms. The number of hydrogen-bond acceptors (Lipinski definition) is 7. The molecular formula is C21H27N5O4. The van der Waals surface area contributed by atoms with Crippen LogP contribution in [0.15, 0.2) is 18.2 Å². The number of urea groups is 1. The summed E-state index contributed by atoms with van der Waals surface area (Å²) in [5, 5.41) is 2.96. The van der Waals surface area contributed by atoms with E-state index < -0.39 is 0 Å². The minimum Gasteiger partial charge on any atom is -0.497 e. The largest absolute Gasteiger partial charge is 0.497 e. The molecule has 160 valence electrons. The highest BCUT2D eigenvalue weighted by atomic mass is 16.5. The van der Waals surface area contributed by atoms with Gasteiger partial charge in [0, 0.05) is 37.7 Å². The predicted octanol–water partition coefficient (Wildman–Crippen LogP) is 2.23. The van der Waals surface area contributed by atoms with Crippen molar-refractivity contribution in [1.29, 1.82) is 0 Å². The molecule has 2 aromatic rings. The van der Waals surface area contributed by atoms with E-state index in [1.54, 1.807) is 37.3 Å². The van der Waals surface area contributed by atoms with E-state index in [-0.39, 0.29) is 6.03 Å². The number of fused-ring (bicyclic) bond motifs is 1. The Hall–Kier alpha value is -3.07. The first-order valence-electron chi connectivity index (χ1n) is 10.1. The number of rotatable bonds is 4. The Bertz CT molecular complexity index is 930. The Kier molecular flexibility index (Phi) is 5.89. The molecule has 1 fully saturated rings. The second-order valence-corrected chi connectivity index (χ2v) is 7.29. The molecule has 1 aromatic carbocycles. The minimum atomic E-state index is -0.183. The maximum Gasteiger partial charge on any atom is 0.322 e. The summed E-state index contributed by atoms with van der Waals surface area (Å²) < 4.78 is 16.1. The number of carbonyl (C=O) groups excluding carboxylic acids is 1. The number of morpholine rings is 1. The van der Waals surface area contributed by atoms with Gasteiger partial charge in [-0.1, -0.05) is 0 Å². The van der Waals surface area contributed by atoms with Crippen molar-refractivity contribution in [2.75, 3.05) is 57.3 Å². The lowest BCUT2D eigenvalue weighted by atomic mass is 10.1. The van der Waals surface area contributed by atoms with Gasteiger partial charge in [-0.25, -0.2) is 14.8 Å². The molecule has 0 spiro atoms. The van der Waals surface area contributed by atoms with E-state index in [0.717, 1.165) is 36.0 Å². The molecule has 3 heterocycles. The molecule has 2 aliphatic rings. The molecule has 0 unspecified atom stereocenters. The van der Waals surface area contributed by atoms with Crippen LogP contribution in [0.1, 0.15) is 17.1 Å². The van der Waals surface area contributed by atoms with Gasteiger partial charge in [0.25, 0.3) is 0 Å². The molecule has 0 radical (unpaired) electrons. The van der Waals surface area contributed by atoms with Gasteiger partial charge in [-0.2, -0.15) is 0 Å². The lowest BCUT2D eigenvalue weighted by Gasteiger charge is -2.34. The van der Waals surface area contributed by atoms with Crippen molar-refractivity contribution in [2.45, 2.75) is 19.9 Å². The molecule has 1 aromatic heterocycles. The van der Waals surface area contributed by atoms with Gasteiger partial charge in [-0.3, -0.25) is 0 Å². The molecule has 1 saturated heterocycles. The first kappa shape index (κ1) is 20.2. The summed E-state index contributed by atoms with van der Waals surface area (Å²) in [6, 6.07) is 5.13. The zero-order chi connectivity index (χ0) is 21.1. The van der Waals surface area contributed by atoms with E-state index in [4.69, 9.17) is 19.2 Å². The van der Waals surface area contributed by atoms with Gasteiger partial charge in [0.1, 0.15) is 23.1 Å². The second kappa shape index (κ2) is 8.74. The Balaban J connectivity index is 1.54. The van der Waals surface area contributed by atoms with Crippen molar-refractivity contribution < 1.29 is 19.0 Å². The van der Waals surface area contributed by atoms with Gasteiger partial charge in [0.15, 0.2) is 0 Å². The highest BCUT2D eigenvalue weighted by Gasteiger charge is 2.28. The Morgan fingerprint density at radius 2 is 1.93 bits per heavy atom. The fraction of sp³-hybridized carbons (Fsp3) is 0.476. The number of amides is 2. The summed E-state index contributed by atoms with van der Waals surface area (Å²) in [5.41, 5.74) is 2.64. The molecule has 30 heavy (non-hydrogen) atoms. The number of carbonyl (C=O) groups is 1. The fourth-order valence-electron chi connectivity index (χ4n) is 3.82. The van der Waals surface area contributed by atoms with Crippen LogP contribution in [0.4, 0.5) is 16.3 Å². The molecule has 1 N–H and O–H groups in total. The lowest BCUT2D eigenvalue weighted by molar-refractivity contribution is 0.122. The molecule has 0 bridgehead atoms. The lowest BCUT2D eigenvalue weighted by Crippen LogP contribution is -2.42. The summed E-state index contributed by atoms with van der Waals surface area (Å²) in [5.74, 6) is 2.89. The monoisotopic (exact) mass is 413 g/mol. The quantitative estimate of drug-likeness (QED) is 0.822. The topological polar surface area (TPSA) is 89.0 Å². The van der Waals surface area contributed by atoms with Crippen LogP contribution in [-0.4, -0.2) is 68.0 Å². The van der Waals surface area contributed by atoms with E-state index in [2.05, 4.69) is 15.2 Å². The first-order valence-corrected chi connectivity index (χ1v) is 10.1. The van der Waals surface area contributed by atoms with Gasteiger partial charge in [0.05, 0.1) is 45.4 Å². The number of aryl methyl sites for hydroxylation is 1. The fourth-order valence-corrected chi connectivity index (χ4v) is 3.82. The first-order chi connectivity index (χ1) is 14.6. The molecule has 2 aliphatic heterocycles. The van der Waals surface area contributed by atoms with E-state index in [1.165, 1.54) is 0 Å². The number of nitrogens with zero attached hydrogens (tertiary/aromatic N) is 4. The second-order valence-electron chi connectivity index (χ2n) is 7.29. The third kappa shape index (κ3) is 4.11. The number of anilines is 2. The van der Waals surface area contributed by atoms with Crippen LogP contribution in [0.5, 0.6) is 11.5 Å². The average Bonchev–Trinajstić information content (AvgIpc) is 2.79. The van der Waals surface area contributed by atoms with Gasteiger partial charge in [-0.15, -0.1) is 0 Å². The van der Waals surface area contributed by atoms with Crippen LogP contribution < -0.4 is 19.7 Å². The van der Waals surface area contributed by atoms with Crippen molar-refractivity contribution in [3.63, 3.8) is 0 Å². The molecule has 2 amide bonds.